The zero-order chi connectivity index (χ0) is 45.9. The van der Waals surface area contributed by atoms with Crippen LogP contribution in [0.5, 0.6) is 0 Å². The van der Waals surface area contributed by atoms with Gasteiger partial charge in [0.05, 0.1) is 0 Å². The molecule has 0 spiro atoms. The van der Waals surface area contributed by atoms with Gasteiger partial charge in [0, 0.05) is 19.3 Å². The highest BCUT2D eigenvalue weighted by molar-refractivity contribution is 5.71. The molecule has 6 heteroatoms. The fourth-order valence-electron chi connectivity index (χ4n) is 8.75. The van der Waals surface area contributed by atoms with E-state index in [2.05, 4.69) is 27.7 Å². The predicted molar refractivity (Wildman–Crippen MR) is 270 cm³/mol. The number of carbonyl (C=O) groups is 3. The molecule has 0 bridgehead atoms. The molecule has 1 atom stereocenters. The van der Waals surface area contributed by atoms with Gasteiger partial charge in [-0.15, -0.1) is 0 Å². The van der Waals surface area contributed by atoms with E-state index >= 15 is 0 Å². The van der Waals surface area contributed by atoms with Gasteiger partial charge in [-0.3, -0.25) is 14.4 Å². The largest absolute Gasteiger partial charge is 0.462 e. The lowest BCUT2D eigenvalue weighted by molar-refractivity contribution is -0.167. The predicted octanol–water partition coefficient (Wildman–Crippen LogP) is 18.6. The molecule has 0 aliphatic rings. The summed E-state index contributed by atoms with van der Waals surface area (Å²) in [4.78, 5) is 37.9. The summed E-state index contributed by atoms with van der Waals surface area (Å²) in [5.74, 6) is 0.00726. The van der Waals surface area contributed by atoms with Crippen LogP contribution in [0.15, 0.2) is 0 Å². The SMILES string of the molecule is CCCCCCCCCCCCCCCCCCCCCC(=O)OC[C@@H](COC(=O)CCCCCCCCCCCCCCCCCCC(C)C)OC(=O)CCCCCCCCC. The first kappa shape index (κ1) is 61.4. The second-order valence-electron chi connectivity index (χ2n) is 20.1. The molecule has 0 amide bonds. The van der Waals surface area contributed by atoms with Crippen molar-refractivity contribution in [2.45, 2.75) is 329 Å². The van der Waals surface area contributed by atoms with Crippen molar-refractivity contribution in [1.29, 1.82) is 0 Å². The summed E-state index contributed by atoms with van der Waals surface area (Å²) >= 11 is 0. The molecule has 0 aliphatic heterocycles. The highest BCUT2D eigenvalue weighted by atomic mass is 16.6. The van der Waals surface area contributed by atoms with Crippen LogP contribution in [0.1, 0.15) is 323 Å². The lowest BCUT2D eigenvalue weighted by atomic mass is 10.0. The molecular formula is C57H110O6. The number of ether oxygens (including phenoxy) is 3. The molecule has 0 aromatic heterocycles. The van der Waals surface area contributed by atoms with Crippen LogP contribution in [0, 0.1) is 5.92 Å². The molecule has 374 valence electrons. The van der Waals surface area contributed by atoms with Crippen LogP contribution in [0.25, 0.3) is 0 Å². The standard InChI is InChI=1S/C57H110O6/c1-5-7-9-11-13-14-15-16-17-18-19-20-24-27-30-33-37-40-44-48-55(58)61-51-54(63-57(60)50-46-42-35-12-10-8-6-2)52-62-56(59)49-45-41-38-34-31-28-25-22-21-23-26-29-32-36-39-43-47-53(3)4/h53-54H,5-52H2,1-4H3/t54-/m0/s1. The van der Waals surface area contributed by atoms with Crippen LogP contribution >= 0.6 is 0 Å². The number of hydrogen-bond acceptors (Lipinski definition) is 6. The van der Waals surface area contributed by atoms with Gasteiger partial charge in [-0.25, -0.2) is 0 Å². The Hall–Kier alpha value is -1.59. The average Bonchev–Trinajstić information content (AvgIpc) is 3.27. The minimum absolute atomic E-state index is 0.0628. The smallest absolute Gasteiger partial charge is 0.306 e. The van der Waals surface area contributed by atoms with E-state index in [9.17, 15) is 14.4 Å². The lowest BCUT2D eigenvalue weighted by Crippen LogP contribution is -2.30. The maximum atomic E-state index is 12.7. The lowest BCUT2D eigenvalue weighted by Gasteiger charge is -2.18. The zero-order valence-corrected chi connectivity index (χ0v) is 43.0. The second-order valence-corrected chi connectivity index (χ2v) is 20.1. The summed E-state index contributed by atoms with van der Waals surface area (Å²) in [5, 5.41) is 0. The van der Waals surface area contributed by atoms with E-state index in [0.29, 0.717) is 19.3 Å². The maximum absolute atomic E-state index is 12.7. The number of carbonyl (C=O) groups excluding carboxylic acids is 3. The minimum Gasteiger partial charge on any atom is -0.462 e. The molecular weight excluding hydrogens is 781 g/mol. The van der Waals surface area contributed by atoms with Gasteiger partial charge in [-0.2, -0.15) is 0 Å². The maximum Gasteiger partial charge on any atom is 0.306 e. The number of rotatable bonds is 52. The van der Waals surface area contributed by atoms with E-state index < -0.39 is 6.10 Å². The van der Waals surface area contributed by atoms with Gasteiger partial charge in [0.2, 0.25) is 0 Å². The van der Waals surface area contributed by atoms with Gasteiger partial charge in [-0.1, -0.05) is 285 Å². The van der Waals surface area contributed by atoms with E-state index in [1.165, 1.54) is 218 Å². The Morgan fingerprint density at radius 3 is 0.778 bits per heavy atom. The third kappa shape index (κ3) is 51.3. The molecule has 0 fully saturated rings. The summed E-state index contributed by atoms with van der Waals surface area (Å²) < 4.78 is 16.8. The Balaban J connectivity index is 4.09. The van der Waals surface area contributed by atoms with Crippen molar-refractivity contribution in [3.63, 3.8) is 0 Å². The third-order valence-corrected chi connectivity index (χ3v) is 13.0. The van der Waals surface area contributed by atoms with E-state index in [-0.39, 0.29) is 31.1 Å². The molecule has 0 unspecified atom stereocenters. The fourth-order valence-corrected chi connectivity index (χ4v) is 8.75. The molecule has 0 N–H and O–H groups in total. The Morgan fingerprint density at radius 1 is 0.302 bits per heavy atom. The topological polar surface area (TPSA) is 78.9 Å². The quantitative estimate of drug-likeness (QED) is 0.0344. The van der Waals surface area contributed by atoms with Gasteiger partial charge in [-0.05, 0) is 25.2 Å². The van der Waals surface area contributed by atoms with Crippen LogP contribution in [0.2, 0.25) is 0 Å². The molecule has 0 heterocycles. The van der Waals surface area contributed by atoms with Gasteiger partial charge in [0.15, 0.2) is 6.10 Å². The van der Waals surface area contributed by atoms with Crippen LogP contribution in [0.3, 0.4) is 0 Å². The molecule has 0 saturated carbocycles. The molecule has 0 aliphatic carbocycles. The van der Waals surface area contributed by atoms with E-state index in [4.69, 9.17) is 14.2 Å². The van der Waals surface area contributed by atoms with Crippen molar-refractivity contribution < 1.29 is 28.6 Å². The number of hydrogen-bond donors (Lipinski definition) is 0. The van der Waals surface area contributed by atoms with Crippen molar-refractivity contribution in [3.05, 3.63) is 0 Å². The van der Waals surface area contributed by atoms with Crippen LogP contribution in [0.4, 0.5) is 0 Å². The summed E-state index contributed by atoms with van der Waals surface area (Å²) in [6.45, 7) is 9.02. The van der Waals surface area contributed by atoms with Crippen molar-refractivity contribution in [2.75, 3.05) is 13.2 Å². The van der Waals surface area contributed by atoms with Gasteiger partial charge in [0.25, 0.3) is 0 Å². The normalized spacial score (nSPS) is 12.0. The van der Waals surface area contributed by atoms with Crippen LogP contribution in [-0.4, -0.2) is 37.2 Å². The summed E-state index contributed by atoms with van der Waals surface area (Å²) in [7, 11) is 0. The zero-order valence-electron chi connectivity index (χ0n) is 43.0. The monoisotopic (exact) mass is 891 g/mol. The Kier molecular flexibility index (Phi) is 50.1. The molecule has 6 nitrogen and oxygen atoms in total. The third-order valence-electron chi connectivity index (χ3n) is 13.0. The first-order chi connectivity index (χ1) is 30.9. The molecule has 0 aromatic rings. The van der Waals surface area contributed by atoms with Gasteiger partial charge < -0.3 is 14.2 Å². The highest BCUT2D eigenvalue weighted by Crippen LogP contribution is 2.18. The molecule has 0 saturated heterocycles. The van der Waals surface area contributed by atoms with E-state index in [0.717, 1.165) is 63.7 Å². The first-order valence-electron chi connectivity index (χ1n) is 28.4. The minimum atomic E-state index is -0.760. The van der Waals surface area contributed by atoms with Crippen molar-refractivity contribution in [2.24, 2.45) is 5.92 Å². The van der Waals surface area contributed by atoms with Crippen molar-refractivity contribution >= 4 is 17.9 Å². The number of esters is 3. The average molecular weight is 892 g/mol. The van der Waals surface area contributed by atoms with Crippen molar-refractivity contribution in [3.8, 4) is 0 Å². The molecule has 0 radical (unpaired) electrons. The van der Waals surface area contributed by atoms with E-state index in [1.54, 1.807) is 0 Å². The summed E-state index contributed by atoms with van der Waals surface area (Å²) in [6, 6.07) is 0. The summed E-state index contributed by atoms with van der Waals surface area (Å²) in [5.41, 5.74) is 0. The van der Waals surface area contributed by atoms with Crippen molar-refractivity contribution in [1.82, 2.24) is 0 Å². The molecule has 0 rings (SSSR count). The Bertz CT molecular complexity index is 949. The van der Waals surface area contributed by atoms with Gasteiger partial charge >= 0.3 is 17.9 Å². The highest BCUT2D eigenvalue weighted by Gasteiger charge is 2.19. The first-order valence-corrected chi connectivity index (χ1v) is 28.4. The van der Waals surface area contributed by atoms with Crippen LogP contribution < -0.4 is 0 Å². The Morgan fingerprint density at radius 2 is 0.524 bits per heavy atom. The van der Waals surface area contributed by atoms with Crippen LogP contribution in [-0.2, 0) is 28.6 Å². The molecule has 63 heavy (non-hydrogen) atoms. The number of unbranched alkanes of at least 4 members (excludes halogenated alkanes) is 39. The summed E-state index contributed by atoms with van der Waals surface area (Å²) in [6.07, 6.45) is 55.4. The van der Waals surface area contributed by atoms with E-state index in [1.807, 2.05) is 0 Å². The van der Waals surface area contributed by atoms with Gasteiger partial charge in [0.1, 0.15) is 13.2 Å². The molecule has 0 aromatic carbocycles. The Labute approximate surface area is 393 Å². The fraction of sp³-hybridized carbons (Fsp3) is 0.947. The second kappa shape index (κ2) is 51.4.